The molecule has 3 rings (SSSR count). The fourth-order valence-electron chi connectivity index (χ4n) is 2.32. The van der Waals surface area contributed by atoms with Crippen LogP contribution in [-0.4, -0.2) is 31.3 Å². The summed E-state index contributed by atoms with van der Waals surface area (Å²) in [7, 11) is -3.66. The number of para-hydroxylation sites is 1. The van der Waals surface area contributed by atoms with Gasteiger partial charge in [-0.05, 0) is 11.6 Å². The number of hydrogen-bond acceptors (Lipinski definition) is 5. The Morgan fingerprint density at radius 2 is 2.24 bits per heavy atom. The zero-order chi connectivity index (χ0) is 14.9. The standard InChI is InChI=1S/C13H16N4O3S/c14-6-10-7-15-17-13(10)21(18,19)16-8-11-5-9-3-1-2-4-12(9)20-11/h1-4,7,11,16H,5-6,8,14H2,(H,15,17). The number of rotatable bonds is 5. The van der Waals surface area contributed by atoms with Gasteiger partial charge in [0.05, 0.1) is 6.20 Å². The Balaban J connectivity index is 1.66. The third-order valence-electron chi connectivity index (χ3n) is 3.38. The highest BCUT2D eigenvalue weighted by molar-refractivity contribution is 7.89. The lowest BCUT2D eigenvalue weighted by atomic mass is 10.1. The van der Waals surface area contributed by atoms with Gasteiger partial charge in [0, 0.05) is 25.1 Å². The zero-order valence-electron chi connectivity index (χ0n) is 11.2. The predicted molar refractivity (Wildman–Crippen MR) is 76.2 cm³/mol. The summed E-state index contributed by atoms with van der Waals surface area (Å²) in [5.41, 5.74) is 7.04. The molecule has 8 heteroatoms. The molecule has 4 N–H and O–H groups in total. The average Bonchev–Trinajstić information content (AvgIpc) is 3.11. The van der Waals surface area contributed by atoms with Crippen molar-refractivity contribution in [3.63, 3.8) is 0 Å². The van der Waals surface area contributed by atoms with Gasteiger partial charge in [0.15, 0.2) is 5.03 Å². The minimum absolute atomic E-state index is 0.0144. The SMILES string of the molecule is NCc1cn[nH]c1S(=O)(=O)NCC1Cc2ccccc2O1. The molecule has 2 heterocycles. The van der Waals surface area contributed by atoms with Crippen LogP contribution in [0.2, 0.25) is 0 Å². The van der Waals surface area contributed by atoms with Gasteiger partial charge in [0.1, 0.15) is 11.9 Å². The normalized spacial score (nSPS) is 17.5. The number of H-pyrrole nitrogens is 1. The number of nitrogens with zero attached hydrogens (tertiary/aromatic N) is 1. The van der Waals surface area contributed by atoms with Crippen molar-refractivity contribution in [2.75, 3.05) is 6.54 Å². The van der Waals surface area contributed by atoms with Crippen LogP contribution in [0.25, 0.3) is 0 Å². The van der Waals surface area contributed by atoms with Gasteiger partial charge < -0.3 is 10.5 Å². The molecule has 1 aromatic carbocycles. The molecule has 0 saturated carbocycles. The second-order valence-electron chi connectivity index (χ2n) is 4.83. The molecule has 1 aliphatic rings. The van der Waals surface area contributed by atoms with Crippen molar-refractivity contribution in [3.8, 4) is 5.75 Å². The quantitative estimate of drug-likeness (QED) is 0.728. The molecule has 2 aromatic rings. The van der Waals surface area contributed by atoms with Gasteiger partial charge in [-0.15, -0.1) is 0 Å². The summed E-state index contributed by atoms with van der Waals surface area (Å²) in [6.45, 7) is 0.304. The maximum absolute atomic E-state index is 12.2. The van der Waals surface area contributed by atoms with Gasteiger partial charge >= 0.3 is 0 Å². The number of fused-ring (bicyclic) bond motifs is 1. The van der Waals surface area contributed by atoms with Crippen LogP contribution in [0.1, 0.15) is 11.1 Å². The summed E-state index contributed by atoms with van der Waals surface area (Å²) in [6, 6.07) is 7.69. The second kappa shape index (κ2) is 5.47. The first-order valence-corrected chi connectivity index (χ1v) is 8.05. The highest BCUT2D eigenvalue weighted by atomic mass is 32.2. The fraction of sp³-hybridized carbons (Fsp3) is 0.308. The highest BCUT2D eigenvalue weighted by Crippen LogP contribution is 2.27. The van der Waals surface area contributed by atoms with Gasteiger partial charge in [-0.3, -0.25) is 5.10 Å². The van der Waals surface area contributed by atoms with E-state index >= 15 is 0 Å². The predicted octanol–water partition coefficient (Wildman–Crippen LogP) is 0.150. The Hall–Kier alpha value is -1.90. The van der Waals surface area contributed by atoms with E-state index < -0.39 is 10.0 Å². The third kappa shape index (κ3) is 2.78. The van der Waals surface area contributed by atoms with Gasteiger partial charge in [-0.2, -0.15) is 5.10 Å². The van der Waals surface area contributed by atoms with Crippen LogP contribution in [0, 0.1) is 0 Å². The van der Waals surface area contributed by atoms with E-state index in [2.05, 4.69) is 14.9 Å². The van der Waals surface area contributed by atoms with Crippen molar-refractivity contribution in [2.45, 2.75) is 24.1 Å². The number of hydrogen-bond donors (Lipinski definition) is 3. The van der Waals surface area contributed by atoms with Crippen molar-refractivity contribution < 1.29 is 13.2 Å². The van der Waals surface area contributed by atoms with Crippen molar-refractivity contribution in [1.29, 1.82) is 0 Å². The Bertz CT molecular complexity index is 716. The first kappa shape index (κ1) is 14.1. The molecule has 1 aliphatic heterocycles. The molecule has 0 spiro atoms. The average molecular weight is 308 g/mol. The van der Waals surface area contributed by atoms with E-state index in [9.17, 15) is 8.42 Å². The van der Waals surface area contributed by atoms with Gasteiger partial charge in [0.25, 0.3) is 10.0 Å². The first-order chi connectivity index (χ1) is 10.1. The molecule has 112 valence electrons. The Morgan fingerprint density at radius 3 is 3.00 bits per heavy atom. The van der Waals surface area contributed by atoms with Crippen molar-refractivity contribution in [3.05, 3.63) is 41.6 Å². The van der Waals surface area contributed by atoms with E-state index in [-0.39, 0.29) is 24.2 Å². The number of benzene rings is 1. The molecular weight excluding hydrogens is 292 g/mol. The molecule has 21 heavy (non-hydrogen) atoms. The smallest absolute Gasteiger partial charge is 0.257 e. The van der Waals surface area contributed by atoms with Crippen LogP contribution < -0.4 is 15.2 Å². The van der Waals surface area contributed by atoms with Crippen molar-refractivity contribution in [1.82, 2.24) is 14.9 Å². The molecule has 0 saturated heterocycles. The molecule has 7 nitrogen and oxygen atoms in total. The molecule has 1 aromatic heterocycles. The lowest BCUT2D eigenvalue weighted by Crippen LogP contribution is -2.35. The minimum atomic E-state index is -3.66. The van der Waals surface area contributed by atoms with Crippen LogP contribution in [0.3, 0.4) is 0 Å². The van der Waals surface area contributed by atoms with Crippen molar-refractivity contribution >= 4 is 10.0 Å². The van der Waals surface area contributed by atoms with E-state index in [4.69, 9.17) is 10.5 Å². The summed E-state index contributed by atoms with van der Waals surface area (Å²) < 4.78 is 32.7. The Labute approximate surface area is 122 Å². The molecule has 0 fully saturated rings. The minimum Gasteiger partial charge on any atom is -0.488 e. The van der Waals surface area contributed by atoms with Crippen LogP contribution in [-0.2, 0) is 23.0 Å². The van der Waals surface area contributed by atoms with Gasteiger partial charge in [0.2, 0.25) is 0 Å². The molecular formula is C13H16N4O3S. The molecule has 0 aliphatic carbocycles. The van der Waals surface area contributed by atoms with Crippen LogP contribution in [0.15, 0.2) is 35.5 Å². The summed E-state index contributed by atoms with van der Waals surface area (Å²) in [6.07, 6.45) is 1.89. The van der Waals surface area contributed by atoms with E-state index in [0.717, 1.165) is 11.3 Å². The number of nitrogens with two attached hydrogens (primary N) is 1. The van der Waals surface area contributed by atoms with Crippen LogP contribution in [0.5, 0.6) is 5.75 Å². The van der Waals surface area contributed by atoms with Crippen LogP contribution >= 0.6 is 0 Å². The number of aromatic nitrogens is 2. The summed E-state index contributed by atoms with van der Waals surface area (Å²) in [5.74, 6) is 0.811. The molecule has 1 unspecified atom stereocenters. The number of sulfonamides is 1. The second-order valence-corrected chi connectivity index (χ2v) is 6.54. The summed E-state index contributed by atoms with van der Waals surface area (Å²) >= 11 is 0. The topological polar surface area (TPSA) is 110 Å². The highest BCUT2D eigenvalue weighted by Gasteiger charge is 2.26. The van der Waals surface area contributed by atoms with E-state index in [1.165, 1.54) is 6.20 Å². The largest absolute Gasteiger partial charge is 0.488 e. The van der Waals surface area contributed by atoms with E-state index in [0.29, 0.717) is 12.0 Å². The monoisotopic (exact) mass is 308 g/mol. The maximum Gasteiger partial charge on any atom is 0.257 e. The summed E-state index contributed by atoms with van der Waals surface area (Å²) in [5, 5.41) is 6.20. The third-order valence-corrected chi connectivity index (χ3v) is 4.82. The molecule has 0 radical (unpaired) electrons. The number of nitrogens with one attached hydrogen (secondary N) is 2. The Morgan fingerprint density at radius 1 is 1.43 bits per heavy atom. The fourth-order valence-corrected chi connectivity index (χ4v) is 3.52. The lowest BCUT2D eigenvalue weighted by Gasteiger charge is -2.12. The number of ether oxygens (including phenoxy) is 1. The number of aromatic amines is 1. The summed E-state index contributed by atoms with van der Waals surface area (Å²) in [4.78, 5) is 0. The van der Waals surface area contributed by atoms with Crippen LogP contribution in [0.4, 0.5) is 0 Å². The molecule has 0 amide bonds. The maximum atomic E-state index is 12.2. The van der Waals surface area contributed by atoms with E-state index in [1.54, 1.807) is 0 Å². The first-order valence-electron chi connectivity index (χ1n) is 6.56. The zero-order valence-corrected chi connectivity index (χ0v) is 12.1. The van der Waals surface area contributed by atoms with Gasteiger partial charge in [-0.25, -0.2) is 13.1 Å². The van der Waals surface area contributed by atoms with E-state index in [1.807, 2.05) is 24.3 Å². The Kier molecular flexibility index (Phi) is 3.66. The lowest BCUT2D eigenvalue weighted by molar-refractivity contribution is 0.236. The molecule has 1 atom stereocenters. The molecule has 0 bridgehead atoms. The van der Waals surface area contributed by atoms with Crippen molar-refractivity contribution in [2.24, 2.45) is 5.73 Å². The van der Waals surface area contributed by atoms with Gasteiger partial charge in [-0.1, -0.05) is 18.2 Å².